The molecule has 18 heavy (non-hydrogen) atoms. The summed E-state index contributed by atoms with van der Waals surface area (Å²) in [6.45, 7) is 0. The molecule has 1 aromatic carbocycles. The highest BCUT2D eigenvalue weighted by Gasteiger charge is 2.15. The first-order valence-electron chi connectivity index (χ1n) is 4.96. The predicted molar refractivity (Wildman–Crippen MR) is 67.3 cm³/mol. The van der Waals surface area contributed by atoms with E-state index in [1.165, 1.54) is 0 Å². The molecule has 0 aliphatic rings. The number of aliphatic hydroxyl groups is 1. The molecule has 0 saturated heterocycles. The van der Waals surface area contributed by atoms with Gasteiger partial charge >= 0.3 is 5.97 Å². The topological polar surface area (TPSA) is 83.3 Å². The van der Waals surface area contributed by atoms with E-state index in [-0.39, 0.29) is 12.4 Å². The molecule has 1 heterocycles. The van der Waals surface area contributed by atoms with Crippen molar-refractivity contribution in [2.75, 3.05) is 0 Å². The lowest BCUT2D eigenvalue weighted by Gasteiger charge is -2.06. The van der Waals surface area contributed by atoms with E-state index in [1.54, 1.807) is 42.7 Å². The number of aliphatic carboxylic acids is 1. The third-order valence-corrected chi connectivity index (χ3v) is 2.28. The molecular weight excluding hydrogens is 256 g/mol. The summed E-state index contributed by atoms with van der Waals surface area (Å²) in [5.41, 5.74) is 1.10. The summed E-state index contributed by atoms with van der Waals surface area (Å²) < 4.78 is 0. The lowest BCUT2D eigenvalue weighted by Crippen LogP contribution is -2.10. The van der Waals surface area contributed by atoms with Crippen LogP contribution in [0.5, 0.6) is 0 Å². The Bertz CT molecular complexity index is 517. The van der Waals surface area contributed by atoms with E-state index in [2.05, 4.69) is 9.97 Å². The minimum Gasteiger partial charge on any atom is -0.479 e. The molecule has 94 valence electrons. The third-order valence-electron chi connectivity index (χ3n) is 2.28. The van der Waals surface area contributed by atoms with Crippen LogP contribution in [0.25, 0.3) is 11.4 Å². The second kappa shape index (κ2) is 6.09. The fourth-order valence-electron chi connectivity index (χ4n) is 1.41. The highest BCUT2D eigenvalue weighted by atomic mass is 35.5. The van der Waals surface area contributed by atoms with Crippen molar-refractivity contribution in [1.29, 1.82) is 0 Å². The van der Waals surface area contributed by atoms with Crippen molar-refractivity contribution in [2.45, 2.75) is 6.10 Å². The Hall–Kier alpha value is -1.98. The maximum Gasteiger partial charge on any atom is 0.337 e. The van der Waals surface area contributed by atoms with Gasteiger partial charge in [0.1, 0.15) is 0 Å². The van der Waals surface area contributed by atoms with Gasteiger partial charge in [-0.05, 0) is 11.6 Å². The number of carboxylic acids is 1. The summed E-state index contributed by atoms with van der Waals surface area (Å²) in [6, 6.07) is 8.16. The van der Waals surface area contributed by atoms with Gasteiger partial charge in [0.25, 0.3) is 0 Å². The molecule has 1 unspecified atom stereocenters. The smallest absolute Gasteiger partial charge is 0.337 e. The monoisotopic (exact) mass is 266 g/mol. The minimum atomic E-state index is -1.50. The molecule has 2 rings (SSSR count). The van der Waals surface area contributed by atoms with Crippen LogP contribution in [0.15, 0.2) is 42.7 Å². The van der Waals surface area contributed by atoms with Gasteiger partial charge in [-0.2, -0.15) is 0 Å². The molecule has 2 aromatic rings. The molecule has 1 atom stereocenters. The van der Waals surface area contributed by atoms with E-state index in [0.29, 0.717) is 11.4 Å². The summed E-state index contributed by atoms with van der Waals surface area (Å²) in [5, 5.41) is 18.0. The average molecular weight is 267 g/mol. The SMILES string of the molecule is Cl.O=C(O)C(O)c1ccc(-c2ncccn2)cc1. The van der Waals surface area contributed by atoms with Crippen LogP contribution >= 0.6 is 12.4 Å². The molecule has 0 bridgehead atoms. The van der Waals surface area contributed by atoms with E-state index in [1.807, 2.05) is 0 Å². The molecule has 0 spiro atoms. The van der Waals surface area contributed by atoms with Crippen LogP contribution in [0.4, 0.5) is 0 Å². The van der Waals surface area contributed by atoms with Gasteiger partial charge in [0.15, 0.2) is 11.9 Å². The van der Waals surface area contributed by atoms with Crippen LogP contribution < -0.4 is 0 Å². The Balaban J connectivity index is 0.00000162. The summed E-state index contributed by atoms with van der Waals surface area (Å²) in [6.07, 6.45) is 1.76. The molecule has 0 aliphatic heterocycles. The van der Waals surface area contributed by atoms with E-state index >= 15 is 0 Å². The number of carbonyl (C=O) groups is 1. The third kappa shape index (κ3) is 3.03. The van der Waals surface area contributed by atoms with Gasteiger partial charge in [0, 0.05) is 18.0 Å². The lowest BCUT2D eigenvalue weighted by atomic mass is 10.1. The van der Waals surface area contributed by atoms with Gasteiger partial charge in [-0.1, -0.05) is 24.3 Å². The lowest BCUT2D eigenvalue weighted by molar-refractivity contribution is -0.146. The number of hydrogen-bond donors (Lipinski definition) is 2. The minimum absolute atomic E-state index is 0. The van der Waals surface area contributed by atoms with Crippen molar-refractivity contribution < 1.29 is 15.0 Å². The van der Waals surface area contributed by atoms with Gasteiger partial charge in [-0.15, -0.1) is 12.4 Å². The Kier molecular flexibility index (Phi) is 4.76. The fraction of sp³-hybridized carbons (Fsp3) is 0.0833. The number of carboxylic acid groups (broad SMARTS) is 1. The van der Waals surface area contributed by atoms with Gasteiger partial charge in [0.05, 0.1) is 0 Å². The quantitative estimate of drug-likeness (QED) is 0.883. The molecule has 0 radical (unpaired) electrons. The molecule has 0 amide bonds. The number of halogens is 1. The Morgan fingerprint density at radius 1 is 1.11 bits per heavy atom. The highest BCUT2D eigenvalue weighted by molar-refractivity contribution is 5.85. The zero-order valence-electron chi connectivity index (χ0n) is 9.22. The number of benzene rings is 1. The van der Waals surface area contributed by atoms with Crippen LogP contribution in [-0.2, 0) is 4.79 Å². The highest BCUT2D eigenvalue weighted by Crippen LogP contribution is 2.18. The van der Waals surface area contributed by atoms with Gasteiger partial charge in [-0.3, -0.25) is 0 Å². The van der Waals surface area contributed by atoms with E-state index < -0.39 is 12.1 Å². The van der Waals surface area contributed by atoms with Crippen LogP contribution in [0.3, 0.4) is 0 Å². The van der Waals surface area contributed by atoms with Crippen molar-refractivity contribution in [1.82, 2.24) is 9.97 Å². The molecule has 2 N–H and O–H groups in total. The standard InChI is InChI=1S/C12H10N2O3.ClH/c15-10(12(16)17)8-2-4-9(5-3-8)11-13-6-1-7-14-11;/h1-7,10,15H,(H,16,17);1H. The van der Waals surface area contributed by atoms with E-state index in [0.717, 1.165) is 5.56 Å². The molecule has 0 saturated carbocycles. The summed E-state index contributed by atoms with van der Waals surface area (Å²) in [5.74, 6) is -0.711. The van der Waals surface area contributed by atoms with Gasteiger partial charge < -0.3 is 10.2 Å². The number of aromatic nitrogens is 2. The zero-order chi connectivity index (χ0) is 12.3. The van der Waals surface area contributed by atoms with Crippen LogP contribution in [0.2, 0.25) is 0 Å². The van der Waals surface area contributed by atoms with Gasteiger partial charge in [0.2, 0.25) is 0 Å². The van der Waals surface area contributed by atoms with Crippen molar-refractivity contribution in [2.24, 2.45) is 0 Å². The second-order valence-electron chi connectivity index (χ2n) is 3.44. The summed E-state index contributed by atoms with van der Waals surface area (Å²) >= 11 is 0. The normalized spacial score (nSPS) is 11.4. The van der Waals surface area contributed by atoms with Crippen LogP contribution in [0, 0.1) is 0 Å². The molecule has 0 aliphatic carbocycles. The Labute approximate surface area is 110 Å². The Morgan fingerprint density at radius 2 is 1.67 bits per heavy atom. The number of nitrogens with zero attached hydrogens (tertiary/aromatic N) is 2. The van der Waals surface area contributed by atoms with Crippen LogP contribution in [0.1, 0.15) is 11.7 Å². The number of rotatable bonds is 3. The van der Waals surface area contributed by atoms with Crippen molar-refractivity contribution in [3.05, 3.63) is 48.3 Å². The van der Waals surface area contributed by atoms with Gasteiger partial charge in [-0.25, -0.2) is 14.8 Å². The summed E-state index contributed by atoms with van der Waals surface area (Å²) in [4.78, 5) is 18.7. The van der Waals surface area contributed by atoms with Crippen LogP contribution in [-0.4, -0.2) is 26.2 Å². The zero-order valence-corrected chi connectivity index (χ0v) is 10.0. The van der Waals surface area contributed by atoms with E-state index in [9.17, 15) is 9.90 Å². The molecular formula is C12H11ClN2O3. The first-order valence-corrected chi connectivity index (χ1v) is 4.96. The molecule has 6 heteroatoms. The Morgan fingerprint density at radius 3 is 2.17 bits per heavy atom. The predicted octanol–water partition coefficient (Wildman–Crippen LogP) is 1.68. The summed E-state index contributed by atoms with van der Waals surface area (Å²) in [7, 11) is 0. The maximum absolute atomic E-state index is 10.6. The van der Waals surface area contributed by atoms with Crippen molar-refractivity contribution in [3.63, 3.8) is 0 Å². The van der Waals surface area contributed by atoms with E-state index in [4.69, 9.17) is 5.11 Å². The number of hydrogen-bond acceptors (Lipinski definition) is 4. The molecule has 0 fully saturated rings. The first-order chi connectivity index (χ1) is 8.18. The second-order valence-corrected chi connectivity index (χ2v) is 3.44. The maximum atomic E-state index is 10.6. The molecule has 5 nitrogen and oxygen atoms in total. The average Bonchev–Trinajstić information content (AvgIpc) is 2.39. The molecule has 1 aromatic heterocycles. The van der Waals surface area contributed by atoms with Crippen molar-refractivity contribution in [3.8, 4) is 11.4 Å². The van der Waals surface area contributed by atoms with Crippen molar-refractivity contribution >= 4 is 18.4 Å². The first kappa shape index (κ1) is 14.1. The fourth-order valence-corrected chi connectivity index (χ4v) is 1.41. The largest absolute Gasteiger partial charge is 0.479 e. The number of aliphatic hydroxyl groups excluding tert-OH is 1.